The summed E-state index contributed by atoms with van der Waals surface area (Å²) >= 11 is 0. The summed E-state index contributed by atoms with van der Waals surface area (Å²) in [6.45, 7) is 2.05. The number of methoxy groups -OCH3 is 1. The number of rotatable bonds is 4. The third-order valence-corrected chi connectivity index (χ3v) is 6.94. The van der Waals surface area contributed by atoms with E-state index in [1.54, 1.807) is 7.11 Å². The Morgan fingerprint density at radius 2 is 2.14 bits per heavy atom. The molecular formula is C23H24N2O4. The molecule has 0 aromatic heterocycles. The number of allylic oxidation sites excluding steroid dienone is 1. The summed E-state index contributed by atoms with van der Waals surface area (Å²) in [7, 11) is 1.71. The van der Waals surface area contributed by atoms with Crippen molar-refractivity contribution in [3.8, 4) is 0 Å². The molecule has 1 aromatic carbocycles. The van der Waals surface area contributed by atoms with Crippen LogP contribution < -0.4 is 5.73 Å². The Hall–Kier alpha value is -2.86. The summed E-state index contributed by atoms with van der Waals surface area (Å²) in [5.41, 5.74) is 11.7. The number of carboxylic acids is 1. The van der Waals surface area contributed by atoms with Crippen LogP contribution in [0.1, 0.15) is 58.8 Å². The third-order valence-electron chi connectivity index (χ3n) is 6.94. The molecule has 6 nitrogen and oxygen atoms in total. The summed E-state index contributed by atoms with van der Waals surface area (Å²) in [4.78, 5) is 25.9. The van der Waals surface area contributed by atoms with Gasteiger partial charge in [-0.25, -0.2) is 0 Å². The fourth-order valence-electron chi connectivity index (χ4n) is 5.60. The van der Waals surface area contributed by atoms with Crippen LogP contribution in [0.5, 0.6) is 0 Å². The Morgan fingerprint density at radius 1 is 1.34 bits per heavy atom. The summed E-state index contributed by atoms with van der Waals surface area (Å²) in [6.07, 6.45) is 9.50. The highest BCUT2D eigenvalue weighted by Crippen LogP contribution is 2.58. The lowest BCUT2D eigenvalue weighted by Gasteiger charge is -2.49. The van der Waals surface area contributed by atoms with Gasteiger partial charge in [0.05, 0.1) is 18.6 Å². The van der Waals surface area contributed by atoms with Crippen LogP contribution in [0.15, 0.2) is 42.1 Å². The normalized spacial score (nSPS) is 31.0. The van der Waals surface area contributed by atoms with E-state index >= 15 is 0 Å². The van der Waals surface area contributed by atoms with Crippen molar-refractivity contribution in [1.29, 1.82) is 0 Å². The molecule has 0 bridgehead atoms. The molecule has 0 radical (unpaired) electrons. The number of carbonyl (C=O) groups is 2. The number of nitrogens with two attached hydrogens (primary N) is 1. The first kappa shape index (κ1) is 18.2. The number of fused-ring (bicyclic) bond motifs is 3. The van der Waals surface area contributed by atoms with Gasteiger partial charge in [0, 0.05) is 30.6 Å². The number of amides is 1. The minimum absolute atomic E-state index is 0.000410. The van der Waals surface area contributed by atoms with Crippen molar-refractivity contribution in [3.05, 3.63) is 64.4 Å². The van der Waals surface area contributed by atoms with Crippen molar-refractivity contribution in [2.24, 2.45) is 11.7 Å². The second kappa shape index (κ2) is 6.32. The molecule has 4 aliphatic rings. The van der Waals surface area contributed by atoms with Crippen molar-refractivity contribution >= 4 is 17.4 Å². The van der Waals surface area contributed by atoms with Crippen LogP contribution in [-0.4, -0.2) is 41.1 Å². The molecule has 3 N–H and O–H groups in total. The maximum Gasteiger partial charge on any atom is 0.305 e. The highest BCUT2D eigenvalue weighted by Gasteiger charge is 2.49. The molecule has 0 saturated heterocycles. The second-order valence-corrected chi connectivity index (χ2v) is 8.35. The van der Waals surface area contributed by atoms with E-state index in [1.807, 2.05) is 19.1 Å². The standard InChI is InChI=1S/C23H24N2O4/c1-11-16-7-12(23(24)28)8-18-17-9-13(29-2)3-4-14(17)15-5-6-25(22(15)21(16)18)19(11)10-20(26)27/h4-9,11,13,15,19,22H,3,10H2,1-2H3,(H2,24,28)(H,26,27). The van der Waals surface area contributed by atoms with Gasteiger partial charge in [-0.3, -0.25) is 9.59 Å². The van der Waals surface area contributed by atoms with Crippen molar-refractivity contribution in [2.75, 3.05) is 7.11 Å². The van der Waals surface area contributed by atoms with Gasteiger partial charge in [0.2, 0.25) is 5.91 Å². The highest BCUT2D eigenvalue weighted by atomic mass is 16.5. The number of hydrogen-bond acceptors (Lipinski definition) is 4. The Balaban J connectivity index is 1.78. The average Bonchev–Trinajstić information content (AvgIpc) is 3.15. The second-order valence-electron chi connectivity index (χ2n) is 8.35. The molecule has 29 heavy (non-hydrogen) atoms. The van der Waals surface area contributed by atoms with E-state index in [4.69, 9.17) is 10.5 Å². The fraction of sp³-hybridized carbons (Fsp3) is 0.391. The SMILES string of the molecule is COC1C=C2C(=CC1)C1C=CN3C(CC(=O)O)C(C)c4cc(C(N)=O)cc2c4C13. The number of nitrogens with zero attached hydrogens (tertiary/aromatic N) is 1. The van der Waals surface area contributed by atoms with Gasteiger partial charge in [-0.1, -0.05) is 19.1 Å². The predicted octanol–water partition coefficient (Wildman–Crippen LogP) is 2.97. The average molecular weight is 392 g/mol. The molecule has 1 aromatic rings. The number of hydrogen-bond donors (Lipinski definition) is 2. The third kappa shape index (κ3) is 2.52. The van der Waals surface area contributed by atoms with E-state index in [9.17, 15) is 14.7 Å². The lowest BCUT2D eigenvalue weighted by atomic mass is 9.66. The molecule has 2 heterocycles. The maximum atomic E-state index is 12.1. The van der Waals surface area contributed by atoms with Crippen LogP contribution in [0.25, 0.3) is 5.57 Å². The van der Waals surface area contributed by atoms with Crippen molar-refractivity contribution < 1.29 is 19.4 Å². The zero-order valence-electron chi connectivity index (χ0n) is 16.5. The molecule has 5 atom stereocenters. The summed E-state index contributed by atoms with van der Waals surface area (Å²) in [5.74, 6) is -1.14. The number of carboxylic acid groups (broad SMARTS) is 1. The zero-order chi connectivity index (χ0) is 20.4. The number of primary amides is 1. The van der Waals surface area contributed by atoms with Gasteiger partial charge in [-0.2, -0.15) is 0 Å². The van der Waals surface area contributed by atoms with Gasteiger partial charge in [-0.05, 0) is 58.7 Å². The van der Waals surface area contributed by atoms with Crippen LogP contribution in [0, 0.1) is 5.92 Å². The first-order valence-corrected chi connectivity index (χ1v) is 10.0. The Morgan fingerprint density at radius 3 is 2.83 bits per heavy atom. The number of aliphatic carboxylic acids is 1. The molecule has 0 fully saturated rings. The van der Waals surface area contributed by atoms with E-state index in [-0.39, 0.29) is 36.4 Å². The van der Waals surface area contributed by atoms with Gasteiger partial charge >= 0.3 is 5.97 Å². The lowest BCUT2D eigenvalue weighted by Crippen LogP contribution is -2.45. The molecule has 150 valence electrons. The minimum Gasteiger partial charge on any atom is -0.481 e. The van der Waals surface area contributed by atoms with Gasteiger partial charge in [-0.15, -0.1) is 0 Å². The monoisotopic (exact) mass is 392 g/mol. The van der Waals surface area contributed by atoms with E-state index < -0.39 is 11.9 Å². The maximum absolute atomic E-state index is 12.1. The quantitative estimate of drug-likeness (QED) is 0.822. The van der Waals surface area contributed by atoms with Crippen molar-refractivity contribution in [2.45, 2.75) is 43.9 Å². The van der Waals surface area contributed by atoms with E-state index in [1.165, 1.54) is 11.1 Å². The Bertz CT molecular complexity index is 1020. The largest absolute Gasteiger partial charge is 0.481 e. The number of ether oxygens (including phenoxy) is 1. The van der Waals surface area contributed by atoms with Crippen LogP contribution in [-0.2, 0) is 9.53 Å². The molecule has 1 amide bonds. The lowest BCUT2D eigenvalue weighted by molar-refractivity contribution is -0.138. The van der Waals surface area contributed by atoms with E-state index in [0.717, 1.165) is 23.1 Å². The predicted molar refractivity (Wildman–Crippen MR) is 108 cm³/mol. The molecule has 6 heteroatoms. The molecule has 0 spiro atoms. The molecule has 5 unspecified atom stereocenters. The van der Waals surface area contributed by atoms with Crippen LogP contribution in [0.3, 0.4) is 0 Å². The molecule has 2 aliphatic heterocycles. The summed E-state index contributed by atoms with van der Waals surface area (Å²) < 4.78 is 5.59. The van der Waals surface area contributed by atoms with Gasteiger partial charge < -0.3 is 20.5 Å². The minimum atomic E-state index is -0.815. The number of benzene rings is 1. The van der Waals surface area contributed by atoms with Crippen LogP contribution >= 0.6 is 0 Å². The van der Waals surface area contributed by atoms with Crippen molar-refractivity contribution in [1.82, 2.24) is 4.90 Å². The molecular weight excluding hydrogens is 368 g/mol. The topological polar surface area (TPSA) is 92.9 Å². The molecule has 2 aliphatic carbocycles. The number of carbonyl (C=O) groups excluding carboxylic acids is 1. The first-order valence-electron chi connectivity index (χ1n) is 10.0. The highest BCUT2D eigenvalue weighted by molar-refractivity contribution is 5.96. The van der Waals surface area contributed by atoms with Crippen molar-refractivity contribution in [3.63, 3.8) is 0 Å². The smallest absolute Gasteiger partial charge is 0.305 e. The Labute approximate surface area is 169 Å². The van der Waals surface area contributed by atoms with Gasteiger partial charge in [0.15, 0.2) is 0 Å². The molecule has 0 saturated carbocycles. The Kier molecular flexibility index (Phi) is 3.96. The molecule has 5 rings (SSSR count). The first-order chi connectivity index (χ1) is 13.9. The summed E-state index contributed by atoms with van der Waals surface area (Å²) in [6, 6.07) is 3.67. The van der Waals surface area contributed by atoms with Gasteiger partial charge in [0.1, 0.15) is 0 Å². The van der Waals surface area contributed by atoms with Crippen LogP contribution in [0.4, 0.5) is 0 Å². The van der Waals surface area contributed by atoms with Gasteiger partial charge in [0.25, 0.3) is 0 Å². The van der Waals surface area contributed by atoms with Crippen LogP contribution in [0.2, 0.25) is 0 Å². The fourth-order valence-corrected chi connectivity index (χ4v) is 5.60. The summed E-state index contributed by atoms with van der Waals surface area (Å²) in [5, 5.41) is 9.51. The van der Waals surface area contributed by atoms with E-state index in [2.05, 4.69) is 29.3 Å². The zero-order valence-corrected chi connectivity index (χ0v) is 16.5. The van der Waals surface area contributed by atoms with E-state index in [0.29, 0.717) is 5.56 Å².